The van der Waals surface area contributed by atoms with Crippen LogP contribution < -0.4 is 5.56 Å². The van der Waals surface area contributed by atoms with Gasteiger partial charge in [-0.15, -0.1) is 10.2 Å². The van der Waals surface area contributed by atoms with Gasteiger partial charge in [0.2, 0.25) is 11.7 Å². The van der Waals surface area contributed by atoms with Crippen LogP contribution in [-0.2, 0) is 4.79 Å². The van der Waals surface area contributed by atoms with Crippen molar-refractivity contribution in [3.8, 4) is 5.69 Å². The van der Waals surface area contributed by atoms with Crippen molar-refractivity contribution in [2.45, 2.75) is 62.9 Å². The summed E-state index contributed by atoms with van der Waals surface area (Å²) in [5, 5.41) is 9.77. The number of benzene rings is 2. The number of thioether (sulfide) groups is 1. The molecule has 1 aliphatic heterocycles. The van der Waals surface area contributed by atoms with Gasteiger partial charge in [-0.3, -0.25) is 14.0 Å². The van der Waals surface area contributed by atoms with Gasteiger partial charge in [0, 0.05) is 12.6 Å². The average molecular weight is 476 g/mol. The number of amides is 1. The Bertz CT molecular complexity index is 1430. The molecule has 34 heavy (non-hydrogen) atoms. The van der Waals surface area contributed by atoms with Crippen LogP contribution in [0.2, 0.25) is 0 Å². The molecule has 3 heterocycles. The first-order chi connectivity index (χ1) is 16.5. The molecule has 4 aromatic rings. The maximum absolute atomic E-state index is 13.5. The fourth-order valence-electron chi connectivity index (χ4n) is 4.94. The van der Waals surface area contributed by atoms with E-state index in [2.05, 4.69) is 17.1 Å². The van der Waals surface area contributed by atoms with Crippen LogP contribution in [0, 0.1) is 6.92 Å². The number of carbonyl (C=O) groups excluding carboxylic acids is 1. The molecular weight excluding hydrogens is 446 g/mol. The summed E-state index contributed by atoms with van der Waals surface area (Å²) < 4.78 is 3.53. The molecule has 0 saturated carbocycles. The molecule has 8 heteroatoms. The number of carbonyl (C=O) groups is 1. The zero-order chi connectivity index (χ0) is 23.8. The van der Waals surface area contributed by atoms with Gasteiger partial charge in [0.25, 0.3) is 5.56 Å². The maximum atomic E-state index is 13.5. The molecule has 2 unspecified atom stereocenters. The van der Waals surface area contributed by atoms with Crippen LogP contribution in [0.5, 0.6) is 0 Å². The number of nitrogens with zero attached hydrogens (tertiary/aromatic N) is 5. The monoisotopic (exact) mass is 475 g/mol. The molecule has 0 bridgehead atoms. The van der Waals surface area contributed by atoms with Crippen molar-refractivity contribution in [3.05, 3.63) is 64.4 Å². The predicted molar refractivity (Wildman–Crippen MR) is 136 cm³/mol. The Kier molecular flexibility index (Phi) is 6.16. The number of piperidine rings is 1. The van der Waals surface area contributed by atoms with Gasteiger partial charge in [-0.2, -0.15) is 0 Å². The van der Waals surface area contributed by atoms with Crippen molar-refractivity contribution in [1.29, 1.82) is 0 Å². The third-order valence-corrected chi connectivity index (χ3v) is 7.79. The summed E-state index contributed by atoms with van der Waals surface area (Å²) in [6, 6.07) is 15.6. The number of aryl methyl sites for hydroxylation is 1. The van der Waals surface area contributed by atoms with Crippen LogP contribution in [0.3, 0.4) is 0 Å². The van der Waals surface area contributed by atoms with Gasteiger partial charge >= 0.3 is 0 Å². The minimum atomic E-state index is -0.308. The SMILES string of the molecule is CCC1CCCCN1C(=O)C(C)Sc1nnc2n(-c3ccccc3C)c(=O)c3ccccc3n12. The number of hydrogen-bond donors (Lipinski definition) is 0. The lowest BCUT2D eigenvalue weighted by Crippen LogP contribution is -2.46. The van der Waals surface area contributed by atoms with E-state index in [9.17, 15) is 9.59 Å². The lowest BCUT2D eigenvalue weighted by molar-refractivity contribution is -0.134. The van der Waals surface area contributed by atoms with Crippen molar-refractivity contribution < 1.29 is 4.79 Å². The topological polar surface area (TPSA) is 72.5 Å². The van der Waals surface area contributed by atoms with Crippen LogP contribution >= 0.6 is 11.8 Å². The predicted octanol–water partition coefficient (Wildman–Crippen LogP) is 4.61. The summed E-state index contributed by atoms with van der Waals surface area (Å²) in [5.41, 5.74) is 2.35. The average Bonchev–Trinajstić information content (AvgIpc) is 3.28. The molecule has 1 fully saturated rings. The highest BCUT2D eigenvalue weighted by Gasteiger charge is 2.30. The van der Waals surface area contributed by atoms with Gasteiger partial charge in [0.1, 0.15) is 0 Å². The molecule has 1 saturated heterocycles. The Morgan fingerprint density at radius 1 is 1.12 bits per heavy atom. The van der Waals surface area contributed by atoms with Crippen LogP contribution in [-0.4, -0.2) is 47.8 Å². The number of hydrogen-bond acceptors (Lipinski definition) is 5. The number of para-hydroxylation sites is 2. The molecule has 1 amide bonds. The third kappa shape index (κ3) is 3.79. The van der Waals surface area contributed by atoms with E-state index in [-0.39, 0.29) is 16.7 Å². The van der Waals surface area contributed by atoms with Crippen molar-refractivity contribution >= 4 is 34.3 Å². The number of fused-ring (bicyclic) bond motifs is 3. The van der Waals surface area contributed by atoms with Gasteiger partial charge in [0.05, 0.1) is 21.8 Å². The maximum Gasteiger partial charge on any atom is 0.267 e. The Hall–Kier alpha value is -3.13. The Morgan fingerprint density at radius 2 is 1.88 bits per heavy atom. The smallest absolute Gasteiger partial charge is 0.267 e. The number of likely N-dealkylation sites (tertiary alicyclic amines) is 1. The standard InChI is InChI=1S/C26H29N5O2S/c1-4-19-12-9-10-16-29(19)23(32)18(3)34-26-28-27-25-30(21-14-7-5-11-17(21)2)24(33)20-13-6-8-15-22(20)31(25)26/h5-8,11,13-15,18-19H,4,9-10,12,16H2,1-3H3. The van der Waals surface area contributed by atoms with Crippen molar-refractivity contribution in [3.63, 3.8) is 0 Å². The van der Waals surface area contributed by atoms with Gasteiger partial charge < -0.3 is 4.90 Å². The van der Waals surface area contributed by atoms with E-state index in [1.807, 2.05) is 71.7 Å². The van der Waals surface area contributed by atoms with Gasteiger partial charge in [-0.05, 0) is 63.3 Å². The summed E-state index contributed by atoms with van der Waals surface area (Å²) >= 11 is 1.41. The molecule has 1 aliphatic rings. The van der Waals surface area contributed by atoms with E-state index >= 15 is 0 Å². The second-order valence-corrected chi connectivity index (χ2v) is 10.2. The largest absolute Gasteiger partial charge is 0.339 e. The summed E-state index contributed by atoms with van der Waals surface area (Å²) in [4.78, 5) is 28.9. The fourth-order valence-corrected chi connectivity index (χ4v) is 5.87. The van der Waals surface area contributed by atoms with E-state index in [0.29, 0.717) is 22.4 Å². The van der Waals surface area contributed by atoms with Crippen LogP contribution in [0.15, 0.2) is 58.5 Å². The first-order valence-electron chi connectivity index (χ1n) is 11.9. The van der Waals surface area contributed by atoms with Crippen LogP contribution in [0.4, 0.5) is 0 Å². The molecule has 2 aromatic carbocycles. The Balaban J connectivity index is 1.62. The zero-order valence-electron chi connectivity index (χ0n) is 19.8. The Morgan fingerprint density at radius 3 is 2.68 bits per heavy atom. The van der Waals surface area contributed by atoms with Gasteiger partial charge in [0.15, 0.2) is 5.16 Å². The van der Waals surface area contributed by atoms with Crippen LogP contribution in [0.25, 0.3) is 22.4 Å². The van der Waals surface area contributed by atoms with E-state index in [4.69, 9.17) is 0 Å². The second-order valence-electron chi connectivity index (χ2n) is 8.91. The minimum Gasteiger partial charge on any atom is -0.339 e. The molecule has 2 aromatic heterocycles. The normalized spacial score (nSPS) is 17.4. The van der Waals surface area contributed by atoms with Gasteiger partial charge in [-0.25, -0.2) is 4.57 Å². The van der Waals surface area contributed by atoms with Crippen LogP contribution in [0.1, 0.15) is 45.1 Å². The summed E-state index contributed by atoms with van der Waals surface area (Å²) in [6.07, 6.45) is 4.28. The van der Waals surface area contributed by atoms with E-state index < -0.39 is 0 Å². The molecule has 5 rings (SSSR count). The number of aromatic nitrogens is 4. The first kappa shape index (κ1) is 22.7. The second kappa shape index (κ2) is 9.25. The van der Waals surface area contributed by atoms with Gasteiger partial charge in [-0.1, -0.05) is 49.0 Å². The molecule has 176 valence electrons. The zero-order valence-corrected chi connectivity index (χ0v) is 20.6. The molecule has 7 nitrogen and oxygen atoms in total. The minimum absolute atomic E-state index is 0.135. The molecule has 0 N–H and O–H groups in total. The quantitative estimate of drug-likeness (QED) is 0.394. The van der Waals surface area contributed by atoms with E-state index in [1.165, 1.54) is 18.2 Å². The molecule has 0 spiro atoms. The van der Waals surface area contributed by atoms with Crippen molar-refractivity contribution in [2.24, 2.45) is 0 Å². The summed E-state index contributed by atoms with van der Waals surface area (Å²) in [7, 11) is 0. The van der Waals surface area contributed by atoms with Crippen molar-refractivity contribution in [1.82, 2.24) is 24.1 Å². The number of rotatable bonds is 5. The fraction of sp³-hybridized carbons (Fsp3) is 0.385. The summed E-state index contributed by atoms with van der Waals surface area (Å²) in [5.74, 6) is 0.592. The van der Waals surface area contributed by atoms with E-state index in [0.717, 1.165) is 42.6 Å². The summed E-state index contributed by atoms with van der Waals surface area (Å²) in [6.45, 7) is 6.88. The highest BCUT2D eigenvalue weighted by atomic mass is 32.2. The van der Waals surface area contributed by atoms with E-state index in [1.54, 1.807) is 4.57 Å². The molecule has 2 atom stereocenters. The molecule has 0 radical (unpaired) electrons. The lowest BCUT2D eigenvalue weighted by Gasteiger charge is -2.36. The third-order valence-electron chi connectivity index (χ3n) is 6.76. The lowest BCUT2D eigenvalue weighted by atomic mass is 10.00. The Labute approximate surface area is 202 Å². The van der Waals surface area contributed by atoms with Crippen molar-refractivity contribution in [2.75, 3.05) is 6.54 Å². The highest BCUT2D eigenvalue weighted by Crippen LogP contribution is 2.29. The first-order valence-corrected chi connectivity index (χ1v) is 12.8. The molecular formula is C26H29N5O2S. The molecule has 0 aliphatic carbocycles. The highest BCUT2D eigenvalue weighted by molar-refractivity contribution is 8.00.